The van der Waals surface area contributed by atoms with Crippen LogP contribution in [0.15, 0.2) is 24.3 Å². The van der Waals surface area contributed by atoms with Gasteiger partial charge in [0.25, 0.3) is 0 Å². The number of nitrogens with one attached hydrogen (secondary N) is 2. The average Bonchev–Trinajstić information content (AvgIpc) is 3.69. The normalized spacial score (nSPS) is 20.1. The summed E-state index contributed by atoms with van der Waals surface area (Å²) in [5.41, 5.74) is 0.828. The number of likely N-dealkylation sites (tertiary alicyclic amines) is 2. The van der Waals surface area contributed by atoms with Gasteiger partial charge in [0.05, 0.1) is 6.04 Å². The molecule has 2 saturated heterocycles. The zero-order valence-electron chi connectivity index (χ0n) is 29.7. The lowest BCUT2D eigenvalue weighted by atomic mass is 9.96. The predicted octanol–water partition coefficient (Wildman–Crippen LogP) is 2.20. The first-order chi connectivity index (χ1) is 22.1. The molecular weight excluding hydrogens is 600 g/mol. The van der Waals surface area contributed by atoms with Gasteiger partial charge in [-0.25, -0.2) is 0 Å². The summed E-state index contributed by atoms with van der Waals surface area (Å²) in [6.45, 7) is 12.5. The van der Waals surface area contributed by atoms with E-state index in [4.69, 9.17) is 0 Å². The van der Waals surface area contributed by atoms with Crippen LogP contribution in [0.2, 0.25) is 0 Å². The lowest BCUT2D eigenvalue weighted by molar-refractivity contribution is -0.153. The van der Waals surface area contributed by atoms with Crippen molar-refractivity contribution in [3.8, 4) is 5.75 Å². The summed E-state index contributed by atoms with van der Waals surface area (Å²) in [4.78, 5) is 75.1. The van der Waals surface area contributed by atoms with Crippen molar-refractivity contribution in [1.82, 2.24) is 30.2 Å². The van der Waals surface area contributed by atoms with Crippen LogP contribution < -0.4 is 10.6 Å². The van der Waals surface area contributed by atoms with E-state index in [2.05, 4.69) is 10.6 Å². The van der Waals surface area contributed by atoms with Gasteiger partial charge in [0.1, 0.15) is 29.9 Å². The van der Waals surface area contributed by atoms with Crippen LogP contribution in [-0.4, -0.2) is 119 Å². The smallest absolute Gasteiger partial charge is 0.246 e. The largest absolute Gasteiger partial charge is 0.508 e. The van der Waals surface area contributed by atoms with E-state index in [-0.39, 0.29) is 59.6 Å². The van der Waals surface area contributed by atoms with Crippen molar-refractivity contribution in [3.05, 3.63) is 29.8 Å². The summed E-state index contributed by atoms with van der Waals surface area (Å²) >= 11 is 0. The molecule has 5 atom stereocenters. The first-order valence-corrected chi connectivity index (χ1v) is 17.0. The number of phenolic OH excluding ortho intramolecular Hbond substituents is 1. The van der Waals surface area contributed by atoms with Gasteiger partial charge >= 0.3 is 0 Å². The molecule has 1 aromatic carbocycles. The number of phenols is 1. The fourth-order valence-electron chi connectivity index (χ4n) is 7.01. The maximum absolute atomic E-state index is 14.2. The number of carbonyl (C=O) groups is 5. The second kappa shape index (κ2) is 16.4. The SMILES string of the molecule is CC(C)C(NC(=O)C(C(C)C)N(C)C)C(=O)N(C)C(C(=O)N1CCCC1C(=O)N1CCCC1C(=O)NCc1ccc(O)cc1)C(C)C. The molecule has 2 aliphatic heterocycles. The Hall–Kier alpha value is -3.67. The van der Waals surface area contributed by atoms with E-state index in [0.29, 0.717) is 38.8 Å². The Balaban J connectivity index is 1.74. The number of rotatable bonds is 13. The van der Waals surface area contributed by atoms with E-state index in [1.54, 1.807) is 41.1 Å². The Morgan fingerprint density at radius 1 is 0.809 bits per heavy atom. The number of carbonyl (C=O) groups excluding carboxylic acids is 5. The number of likely N-dealkylation sites (N-methyl/N-ethyl adjacent to an activating group) is 2. The van der Waals surface area contributed by atoms with Gasteiger partial charge in [0, 0.05) is 26.7 Å². The molecule has 0 aliphatic carbocycles. The molecule has 12 nitrogen and oxygen atoms in total. The van der Waals surface area contributed by atoms with Crippen LogP contribution in [0.4, 0.5) is 0 Å². The van der Waals surface area contributed by atoms with E-state index in [9.17, 15) is 29.1 Å². The summed E-state index contributed by atoms with van der Waals surface area (Å²) in [7, 11) is 5.26. The number of nitrogens with zero attached hydrogens (tertiary/aromatic N) is 4. The number of benzene rings is 1. The van der Waals surface area contributed by atoms with Crippen LogP contribution in [-0.2, 0) is 30.5 Å². The minimum Gasteiger partial charge on any atom is -0.508 e. The molecule has 2 heterocycles. The third kappa shape index (κ3) is 9.03. The van der Waals surface area contributed by atoms with E-state index in [1.807, 2.05) is 60.5 Å². The Morgan fingerprint density at radius 2 is 1.36 bits per heavy atom. The van der Waals surface area contributed by atoms with Crippen LogP contribution in [0, 0.1) is 17.8 Å². The van der Waals surface area contributed by atoms with Gasteiger partial charge in [-0.1, -0.05) is 53.7 Å². The number of amides is 5. The predicted molar refractivity (Wildman–Crippen MR) is 180 cm³/mol. The maximum atomic E-state index is 14.2. The Kier molecular flexibility index (Phi) is 13.2. The molecule has 5 unspecified atom stereocenters. The molecule has 47 heavy (non-hydrogen) atoms. The highest BCUT2D eigenvalue weighted by molar-refractivity contribution is 5.96. The van der Waals surface area contributed by atoms with Crippen LogP contribution in [0.1, 0.15) is 72.8 Å². The highest BCUT2D eigenvalue weighted by atomic mass is 16.3. The fourth-order valence-corrected chi connectivity index (χ4v) is 7.01. The molecule has 0 spiro atoms. The molecule has 12 heteroatoms. The van der Waals surface area contributed by atoms with Gasteiger partial charge in [-0.3, -0.25) is 28.9 Å². The molecule has 2 fully saturated rings. The van der Waals surface area contributed by atoms with E-state index >= 15 is 0 Å². The maximum Gasteiger partial charge on any atom is 0.246 e. The summed E-state index contributed by atoms with van der Waals surface area (Å²) in [5, 5.41) is 15.4. The Labute approximate surface area is 280 Å². The number of hydrogen-bond donors (Lipinski definition) is 3. The third-order valence-electron chi connectivity index (χ3n) is 9.40. The first kappa shape index (κ1) is 37.8. The molecule has 3 N–H and O–H groups in total. The minimum atomic E-state index is -0.841. The lowest BCUT2D eigenvalue weighted by Crippen LogP contribution is -2.61. The second-order valence-electron chi connectivity index (χ2n) is 14.3. The highest BCUT2D eigenvalue weighted by Gasteiger charge is 2.45. The standard InChI is InChI=1S/C35H56N6O6/c1-21(2)28(37-32(44)29(22(3)4)38(7)8)34(46)39(9)30(23(5)6)35(47)41-19-11-13-27(41)33(45)40-18-10-12-26(40)31(43)36-20-24-14-16-25(42)17-15-24/h14-17,21-23,26-30,42H,10-13,18-20H2,1-9H3,(H,36,43)(H,37,44). The lowest BCUT2D eigenvalue weighted by Gasteiger charge is -2.38. The van der Waals surface area contributed by atoms with Gasteiger partial charge in [-0.05, 0) is 75.2 Å². The first-order valence-electron chi connectivity index (χ1n) is 17.0. The summed E-state index contributed by atoms with van der Waals surface area (Å²) in [6.07, 6.45) is 2.34. The monoisotopic (exact) mass is 656 g/mol. The van der Waals surface area contributed by atoms with Crippen molar-refractivity contribution in [2.45, 2.75) is 104 Å². The molecule has 0 saturated carbocycles. The zero-order chi connectivity index (χ0) is 35.2. The van der Waals surface area contributed by atoms with Crippen molar-refractivity contribution in [1.29, 1.82) is 0 Å². The molecule has 1 aromatic rings. The molecule has 0 aromatic heterocycles. The molecule has 0 radical (unpaired) electrons. The van der Waals surface area contributed by atoms with E-state index in [1.165, 1.54) is 4.90 Å². The molecular formula is C35H56N6O6. The van der Waals surface area contributed by atoms with Crippen molar-refractivity contribution in [3.63, 3.8) is 0 Å². The summed E-state index contributed by atoms with van der Waals surface area (Å²) < 4.78 is 0. The third-order valence-corrected chi connectivity index (χ3v) is 9.40. The van der Waals surface area contributed by atoms with Crippen molar-refractivity contribution in [2.24, 2.45) is 17.8 Å². The average molecular weight is 657 g/mol. The summed E-state index contributed by atoms with van der Waals surface area (Å²) in [6, 6.07) is 3.13. The van der Waals surface area contributed by atoms with Crippen molar-refractivity contribution >= 4 is 29.5 Å². The second-order valence-corrected chi connectivity index (χ2v) is 14.3. The molecule has 0 bridgehead atoms. The summed E-state index contributed by atoms with van der Waals surface area (Å²) in [5.74, 6) is -1.70. The fraction of sp³-hybridized carbons (Fsp3) is 0.686. The molecule has 262 valence electrons. The molecule has 2 aliphatic rings. The van der Waals surface area contributed by atoms with Crippen molar-refractivity contribution < 1.29 is 29.1 Å². The minimum absolute atomic E-state index is 0.0285. The van der Waals surface area contributed by atoms with Gasteiger partial charge in [-0.15, -0.1) is 0 Å². The zero-order valence-corrected chi connectivity index (χ0v) is 29.7. The van der Waals surface area contributed by atoms with Gasteiger partial charge in [0.2, 0.25) is 29.5 Å². The number of hydrogen-bond acceptors (Lipinski definition) is 7. The van der Waals surface area contributed by atoms with Crippen LogP contribution in [0.3, 0.4) is 0 Å². The molecule has 5 amide bonds. The number of aromatic hydroxyl groups is 1. The van der Waals surface area contributed by atoms with Gasteiger partial charge in [-0.2, -0.15) is 0 Å². The van der Waals surface area contributed by atoms with E-state index in [0.717, 1.165) is 5.56 Å². The highest BCUT2D eigenvalue weighted by Crippen LogP contribution is 2.28. The van der Waals surface area contributed by atoms with E-state index < -0.39 is 30.2 Å². The topological polar surface area (TPSA) is 143 Å². The Bertz CT molecular complexity index is 1260. The quantitative estimate of drug-likeness (QED) is 0.296. The van der Waals surface area contributed by atoms with Crippen LogP contribution in [0.25, 0.3) is 0 Å². The molecule has 3 rings (SSSR count). The Morgan fingerprint density at radius 3 is 1.89 bits per heavy atom. The van der Waals surface area contributed by atoms with Crippen molar-refractivity contribution in [2.75, 3.05) is 34.2 Å². The van der Waals surface area contributed by atoms with Crippen LogP contribution >= 0.6 is 0 Å². The van der Waals surface area contributed by atoms with Gasteiger partial charge in [0.15, 0.2) is 0 Å². The van der Waals surface area contributed by atoms with Gasteiger partial charge < -0.3 is 30.4 Å². The van der Waals surface area contributed by atoms with Crippen LogP contribution in [0.5, 0.6) is 5.75 Å².